The van der Waals surface area contributed by atoms with E-state index in [0.717, 1.165) is 70.4 Å². The molecule has 41 heavy (non-hydrogen) atoms. The first-order valence-electron chi connectivity index (χ1n) is 16.3. The van der Waals surface area contributed by atoms with E-state index in [1.54, 1.807) is 11.1 Å². The van der Waals surface area contributed by atoms with Crippen LogP contribution in [0.25, 0.3) is 5.57 Å². The van der Waals surface area contributed by atoms with Gasteiger partial charge in [0.05, 0.1) is 6.61 Å². The first kappa shape index (κ1) is 29.8. The molecule has 2 aliphatic heterocycles. The van der Waals surface area contributed by atoms with E-state index in [4.69, 9.17) is 9.72 Å². The van der Waals surface area contributed by atoms with Crippen LogP contribution in [0.15, 0.2) is 77.3 Å². The standard InChI is InChI=1S/C37H51N3O/c1-6-10-30(22-26-41-8-3)36-18-16-34-31(27(4)13-17-37(34)40(36)7-2)21-25-39-23-19-29(20-24-39)32-11-9-12-35-33(32)15-14-28(5)38-35/h7,11,14-18,27,29H,2,6,8-10,12-13,19-26H2,1,3-5H3/b36-30+. The summed E-state index contributed by atoms with van der Waals surface area (Å²) in [5.41, 5.74) is 12.6. The van der Waals surface area contributed by atoms with Crippen molar-refractivity contribution in [3.05, 3.63) is 94.3 Å². The van der Waals surface area contributed by atoms with E-state index in [1.807, 2.05) is 6.20 Å². The van der Waals surface area contributed by atoms with Crippen LogP contribution < -0.4 is 0 Å². The van der Waals surface area contributed by atoms with Crippen LogP contribution in [0.4, 0.5) is 0 Å². The summed E-state index contributed by atoms with van der Waals surface area (Å²) in [5.74, 6) is 1.26. The average Bonchev–Trinajstić information content (AvgIpc) is 2.99. The molecule has 4 aliphatic rings. The fourth-order valence-corrected chi connectivity index (χ4v) is 7.32. The molecule has 0 saturated carbocycles. The molecule has 0 spiro atoms. The van der Waals surface area contributed by atoms with Gasteiger partial charge in [0.15, 0.2) is 0 Å². The minimum absolute atomic E-state index is 0.584. The molecule has 0 bridgehead atoms. The summed E-state index contributed by atoms with van der Waals surface area (Å²) in [6, 6.07) is 4.51. The molecule has 0 amide bonds. The molecule has 4 nitrogen and oxygen atoms in total. The molecule has 5 rings (SSSR count). The first-order valence-corrected chi connectivity index (χ1v) is 16.3. The Bertz CT molecular complexity index is 1250. The Hall–Kier alpha value is -2.69. The Balaban J connectivity index is 1.26. The number of ether oxygens (including phenoxy) is 1. The Morgan fingerprint density at radius 3 is 2.71 bits per heavy atom. The minimum atomic E-state index is 0.584. The lowest BCUT2D eigenvalue weighted by Crippen LogP contribution is -2.35. The molecule has 1 aromatic heterocycles. The maximum absolute atomic E-state index is 5.72. The van der Waals surface area contributed by atoms with Gasteiger partial charge in [-0.3, -0.25) is 4.98 Å². The molecular weight excluding hydrogens is 502 g/mol. The molecule has 1 saturated heterocycles. The third kappa shape index (κ3) is 6.70. The zero-order chi connectivity index (χ0) is 28.8. The third-order valence-electron chi connectivity index (χ3n) is 9.55. The number of fused-ring (bicyclic) bond motifs is 2. The zero-order valence-corrected chi connectivity index (χ0v) is 26.1. The predicted octanol–water partition coefficient (Wildman–Crippen LogP) is 8.54. The van der Waals surface area contributed by atoms with Crippen LogP contribution in [-0.2, 0) is 11.2 Å². The van der Waals surface area contributed by atoms with Crippen molar-refractivity contribution in [1.29, 1.82) is 0 Å². The van der Waals surface area contributed by atoms with Gasteiger partial charge in [-0.2, -0.15) is 0 Å². The van der Waals surface area contributed by atoms with Gasteiger partial charge in [0.2, 0.25) is 0 Å². The zero-order valence-electron chi connectivity index (χ0n) is 26.1. The van der Waals surface area contributed by atoms with Crippen molar-refractivity contribution in [3.8, 4) is 0 Å². The van der Waals surface area contributed by atoms with Crippen molar-refractivity contribution in [2.24, 2.45) is 11.8 Å². The Labute approximate surface area is 249 Å². The molecule has 4 heteroatoms. The lowest BCUT2D eigenvalue weighted by molar-refractivity contribution is 0.150. The number of nitrogens with zero attached hydrogens (tertiary/aromatic N) is 3. The minimum Gasteiger partial charge on any atom is -0.381 e. The number of piperidine rings is 1. The maximum Gasteiger partial charge on any atom is 0.0503 e. The quantitative estimate of drug-likeness (QED) is 0.257. The molecule has 1 atom stereocenters. The van der Waals surface area contributed by atoms with Gasteiger partial charge in [-0.25, -0.2) is 0 Å². The monoisotopic (exact) mass is 553 g/mol. The van der Waals surface area contributed by atoms with Gasteiger partial charge in [-0.1, -0.05) is 56.7 Å². The van der Waals surface area contributed by atoms with Crippen molar-refractivity contribution in [3.63, 3.8) is 0 Å². The summed E-state index contributed by atoms with van der Waals surface area (Å²) in [6.07, 6.45) is 21.9. The van der Waals surface area contributed by atoms with Crippen LogP contribution in [0, 0.1) is 18.8 Å². The highest BCUT2D eigenvalue weighted by molar-refractivity contribution is 5.71. The lowest BCUT2D eigenvalue weighted by Gasteiger charge is -2.38. The second kappa shape index (κ2) is 14.0. The second-order valence-electron chi connectivity index (χ2n) is 12.2. The molecule has 0 aromatic carbocycles. The summed E-state index contributed by atoms with van der Waals surface area (Å²) in [5, 5.41) is 0. The van der Waals surface area contributed by atoms with Crippen LogP contribution in [0.1, 0.15) is 89.1 Å². The average molecular weight is 554 g/mol. The van der Waals surface area contributed by atoms with Crippen LogP contribution in [0.2, 0.25) is 0 Å². The van der Waals surface area contributed by atoms with Crippen molar-refractivity contribution in [2.45, 2.75) is 85.5 Å². The molecule has 1 unspecified atom stereocenters. The highest BCUT2D eigenvalue weighted by atomic mass is 16.5. The van der Waals surface area contributed by atoms with E-state index in [9.17, 15) is 0 Å². The molecule has 1 aromatic rings. The van der Waals surface area contributed by atoms with Gasteiger partial charge in [0, 0.05) is 42.1 Å². The number of allylic oxidation sites excluding steroid dienone is 5. The lowest BCUT2D eigenvalue weighted by atomic mass is 9.80. The van der Waals surface area contributed by atoms with Crippen molar-refractivity contribution in [1.82, 2.24) is 14.8 Å². The van der Waals surface area contributed by atoms with E-state index >= 15 is 0 Å². The van der Waals surface area contributed by atoms with E-state index in [1.165, 1.54) is 59.7 Å². The number of aromatic nitrogens is 1. The van der Waals surface area contributed by atoms with E-state index < -0.39 is 0 Å². The van der Waals surface area contributed by atoms with Gasteiger partial charge in [-0.15, -0.1) is 0 Å². The molecule has 1 fully saturated rings. The number of aryl methyl sites for hydroxylation is 2. The summed E-state index contributed by atoms with van der Waals surface area (Å²) < 4.78 is 5.72. The van der Waals surface area contributed by atoms with Crippen molar-refractivity contribution >= 4 is 5.57 Å². The number of hydrogen-bond acceptors (Lipinski definition) is 4. The maximum atomic E-state index is 5.72. The molecular formula is C37H51N3O. The fourth-order valence-electron chi connectivity index (χ4n) is 7.32. The van der Waals surface area contributed by atoms with Gasteiger partial charge in [0.1, 0.15) is 0 Å². The van der Waals surface area contributed by atoms with Crippen LogP contribution in [-0.4, -0.2) is 47.6 Å². The van der Waals surface area contributed by atoms with E-state index in [0.29, 0.717) is 11.8 Å². The first-order chi connectivity index (χ1) is 20.0. The Morgan fingerprint density at radius 1 is 1.12 bits per heavy atom. The molecule has 3 heterocycles. The van der Waals surface area contributed by atoms with Crippen molar-refractivity contribution in [2.75, 3.05) is 32.8 Å². The molecule has 2 aliphatic carbocycles. The number of pyridine rings is 1. The number of likely N-dealkylation sites (tertiary alicyclic amines) is 1. The smallest absolute Gasteiger partial charge is 0.0503 e. The third-order valence-corrected chi connectivity index (χ3v) is 9.55. The summed E-state index contributed by atoms with van der Waals surface area (Å²) in [7, 11) is 0. The largest absolute Gasteiger partial charge is 0.381 e. The van der Waals surface area contributed by atoms with Gasteiger partial charge in [0.25, 0.3) is 0 Å². The van der Waals surface area contributed by atoms with Gasteiger partial charge < -0.3 is 14.5 Å². The molecule has 0 radical (unpaired) electrons. The normalized spacial score (nSPS) is 22.7. The number of hydrogen-bond donors (Lipinski definition) is 0. The highest BCUT2D eigenvalue weighted by Gasteiger charge is 2.30. The van der Waals surface area contributed by atoms with E-state index in [-0.39, 0.29) is 0 Å². The highest BCUT2D eigenvalue weighted by Crippen LogP contribution is 2.41. The van der Waals surface area contributed by atoms with Crippen LogP contribution >= 0.6 is 0 Å². The topological polar surface area (TPSA) is 28.6 Å². The van der Waals surface area contributed by atoms with Crippen LogP contribution in [0.3, 0.4) is 0 Å². The fraction of sp³-hybridized carbons (Fsp3) is 0.541. The second-order valence-corrected chi connectivity index (χ2v) is 12.2. The summed E-state index contributed by atoms with van der Waals surface area (Å²) in [4.78, 5) is 9.93. The molecule has 0 N–H and O–H groups in total. The Morgan fingerprint density at radius 2 is 1.95 bits per heavy atom. The van der Waals surface area contributed by atoms with Gasteiger partial charge in [-0.05, 0) is 125 Å². The summed E-state index contributed by atoms with van der Waals surface area (Å²) >= 11 is 0. The Kier molecular flexibility index (Phi) is 10.2. The van der Waals surface area contributed by atoms with E-state index in [2.05, 4.69) is 80.5 Å². The van der Waals surface area contributed by atoms with Gasteiger partial charge >= 0.3 is 0 Å². The summed E-state index contributed by atoms with van der Waals surface area (Å²) in [6.45, 7) is 18.2. The van der Waals surface area contributed by atoms with Crippen LogP contribution in [0.5, 0.6) is 0 Å². The predicted molar refractivity (Wildman–Crippen MR) is 172 cm³/mol. The molecule has 220 valence electrons. The number of rotatable bonds is 11. The SMILES string of the molecule is C=CN1C2=CCC(C)C(CCN3CCC(C4=CCCc5nc(C)ccc54)CC3)=C2C=C/C1=C(/CCC)CCOCC. The van der Waals surface area contributed by atoms with Crippen molar-refractivity contribution < 1.29 is 4.74 Å².